The quantitative estimate of drug-likeness (QED) is 0.799. The number of rotatable bonds is 4. The highest BCUT2D eigenvalue weighted by Crippen LogP contribution is 2.54. The van der Waals surface area contributed by atoms with Gasteiger partial charge in [0.1, 0.15) is 24.2 Å². The number of carbonyl (C=O) groups is 2. The molecule has 3 heterocycles. The number of anilines is 2. The van der Waals surface area contributed by atoms with Gasteiger partial charge >= 0.3 is 12.0 Å². The summed E-state index contributed by atoms with van der Waals surface area (Å²) in [5.74, 6) is -2.43. The molecule has 3 N–H and O–H groups in total. The largest absolute Gasteiger partial charge is 0.491 e. The lowest BCUT2D eigenvalue weighted by Crippen LogP contribution is -2.33. The maximum atomic E-state index is 13.7. The molecule has 5 rings (SSSR count). The Morgan fingerprint density at radius 2 is 2.24 bits per heavy atom. The molecular weight excluding hydrogens is 388 g/mol. The SMILES string of the molecule is CC(Nc1ccc2c(c1)OCCn1cc(N3C(=O)O[C@@H]4[C@H]3C4(F)F)nc1-2)C(N)=O. The molecule has 3 atom stereocenters. The molecule has 3 aliphatic rings. The molecule has 1 aromatic heterocycles. The zero-order valence-electron chi connectivity index (χ0n) is 15.3. The van der Waals surface area contributed by atoms with Gasteiger partial charge in [-0.05, 0) is 19.1 Å². The van der Waals surface area contributed by atoms with Crippen LogP contribution in [0.15, 0.2) is 24.4 Å². The highest BCUT2D eigenvalue weighted by molar-refractivity contribution is 5.92. The van der Waals surface area contributed by atoms with E-state index in [1.165, 1.54) is 0 Å². The van der Waals surface area contributed by atoms with E-state index in [-0.39, 0.29) is 5.82 Å². The summed E-state index contributed by atoms with van der Waals surface area (Å²) < 4.78 is 39.7. The minimum absolute atomic E-state index is 0.118. The molecule has 1 saturated heterocycles. The number of halogens is 2. The average molecular weight is 405 g/mol. The number of hydrogen-bond acceptors (Lipinski definition) is 6. The fraction of sp³-hybridized carbons (Fsp3) is 0.389. The van der Waals surface area contributed by atoms with Crippen LogP contribution in [0.1, 0.15) is 6.92 Å². The summed E-state index contributed by atoms with van der Waals surface area (Å²) in [6.45, 7) is 2.38. The summed E-state index contributed by atoms with van der Waals surface area (Å²) in [7, 11) is 0. The number of aromatic nitrogens is 2. The second-order valence-electron chi connectivity index (χ2n) is 7.24. The number of nitrogens with zero attached hydrogens (tertiary/aromatic N) is 3. The topological polar surface area (TPSA) is 112 Å². The van der Waals surface area contributed by atoms with Crippen LogP contribution >= 0.6 is 0 Å². The molecule has 1 unspecified atom stereocenters. The fourth-order valence-electron chi connectivity index (χ4n) is 3.64. The standard InChI is InChI=1S/C18H17F2N5O4/c1-8(15(21)26)22-9-2-3-10-11(6-9)28-5-4-24-7-12(23-16(10)24)25-13-14(18(13,19)20)29-17(25)27/h2-3,6-8,13-14,22H,4-5H2,1H3,(H2,21,26)/t8?,13-,14+/m0/s1. The maximum absolute atomic E-state index is 13.7. The van der Waals surface area contributed by atoms with E-state index < -0.39 is 36.1 Å². The lowest BCUT2D eigenvalue weighted by Gasteiger charge is -2.15. The first-order chi connectivity index (χ1) is 13.8. The van der Waals surface area contributed by atoms with Crippen molar-refractivity contribution in [3.63, 3.8) is 0 Å². The summed E-state index contributed by atoms with van der Waals surface area (Å²) in [5, 5.41) is 2.98. The van der Waals surface area contributed by atoms with Gasteiger partial charge in [0.25, 0.3) is 0 Å². The van der Waals surface area contributed by atoms with Crippen LogP contribution in [0.3, 0.4) is 0 Å². The molecule has 0 spiro atoms. The lowest BCUT2D eigenvalue weighted by atomic mass is 10.1. The third-order valence-corrected chi connectivity index (χ3v) is 5.29. The first-order valence-corrected chi connectivity index (χ1v) is 9.05. The van der Waals surface area contributed by atoms with Crippen molar-refractivity contribution in [1.29, 1.82) is 0 Å². The van der Waals surface area contributed by atoms with Crippen LogP contribution in [-0.4, -0.2) is 52.3 Å². The van der Waals surface area contributed by atoms with Gasteiger partial charge in [0.15, 0.2) is 18.0 Å². The van der Waals surface area contributed by atoms with Crippen LogP contribution in [0.4, 0.5) is 25.1 Å². The Labute approximate surface area is 163 Å². The molecule has 1 aliphatic carbocycles. The number of amides is 2. The molecule has 9 nitrogen and oxygen atoms in total. The molecule has 2 aliphatic heterocycles. The summed E-state index contributed by atoms with van der Waals surface area (Å²) in [5.41, 5.74) is 6.55. The van der Waals surface area contributed by atoms with Gasteiger partial charge in [0.2, 0.25) is 5.91 Å². The number of carbonyl (C=O) groups excluding carboxylic acids is 2. The van der Waals surface area contributed by atoms with Crippen LogP contribution in [-0.2, 0) is 16.1 Å². The number of fused-ring (bicyclic) bond motifs is 4. The van der Waals surface area contributed by atoms with E-state index in [0.717, 1.165) is 4.90 Å². The van der Waals surface area contributed by atoms with Gasteiger partial charge in [-0.2, -0.15) is 8.78 Å². The lowest BCUT2D eigenvalue weighted by molar-refractivity contribution is -0.118. The summed E-state index contributed by atoms with van der Waals surface area (Å²) in [6.07, 6.45) is -0.684. The van der Waals surface area contributed by atoms with Crippen molar-refractivity contribution in [3.8, 4) is 17.1 Å². The Hall–Kier alpha value is -3.37. The Kier molecular flexibility index (Phi) is 3.55. The minimum atomic E-state index is -3.06. The van der Waals surface area contributed by atoms with Crippen LogP contribution < -0.4 is 20.7 Å². The van der Waals surface area contributed by atoms with E-state index in [1.54, 1.807) is 35.9 Å². The van der Waals surface area contributed by atoms with Crippen LogP contribution in [0.25, 0.3) is 11.4 Å². The smallest absolute Gasteiger partial charge is 0.416 e. The number of ether oxygens (including phenoxy) is 2. The van der Waals surface area contributed by atoms with Crippen LogP contribution in [0.2, 0.25) is 0 Å². The first kappa shape index (κ1) is 17.7. The number of imidazole rings is 1. The first-order valence-electron chi connectivity index (χ1n) is 9.05. The van der Waals surface area contributed by atoms with Crippen LogP contribution in [0.5, 0.6) is 5.75 Å². The van der Waals surface area contributed by atoms with Gasteiger partial charge in [-0.3, -0.25) is 4.79 Å². The Bertz CT molecular complexity index is 1040. The van der Waals surface area contributed by atoms with Crippen molar-refractivity contribution in [1.82, 2.24) is 9.55 Å². The summed E-state index contributed by atoms with van der Waals surface area (Å²) >= 11 is 0. The fourth-order valence-corrected chi connectivity index (χ4v) is 3.64. The van der Waals surface area contributed by atoms with Crippen molar-refractivity contribution in [3.05, 3.63) is 24.4 Å². The number of hydrogen-bond donors (Lipinski definition) is 2. The molecule has 152 valence electrons. The summed E-state index contributed by atoms with van der Waals surface area (Å²) in [6, 6.07) is 3.32. The van der Waals surface area contributed by atoms with Gasteiger partial charge in [0, 0.05) is 18.0 Å². The number of alkyl halides is 2. The van der Waals surface area contributed by atoms with E-state index >= 15 is 0 Å². The Morgan fingerprint density at radius 3 is 2.97 bits per heavy atom. The third-order valence-electron chi connectivity index (χ3n) is 5.29. The highest BCUT2D eigenvalue weighted by atomic mass is 19.3. The number of benzene rings is 1. The molecule has 2 amide bonds. The molecular formula is C18H17F2N5O4. The van der Waals surface area contributed by atoms with Gasteiger partial charge in [0.05, 0.1) is 12.1 Å². The zero-order valence-corrected chi connectivity index (χ0v) is 15.3. The van der Waals surface area contributed by atoms with Gasteiger partial charge in [-0.15, -0.1) is 0 Å². The molecule has 1 aromatic carbocycles. The van der Waals surface area contributed by atoms with Gasteiger partial charge < -0.3 is 25.1 Å². The van der Waals surface area contributed by atoms with Crippen LogP contribution in [0, 0.1) is 0 Å². The molecule has 2 fully saturated rings. The highest BCUT2D eigenvalue weighted by Gasteiger charge is 2.80. The van der Waals surface area contributed by atoms with Crippen molar-refractivity contribution in [2.75, 3.05) is 16.8 Å². The number of nitrogens with one attached hydrogen (secondary N) is 1. The van der Waals surface area contributed by atoms with Gasteiger partial charge in [-0.1, -0.05) is 0 Å². The van der Waals surface area contributed by atoms with Crippen molar-refractivity contribution in [2.45, 2.75) is 37.6 Å². The molecule has 2 aromatic rings. The number of primary amides is 1. The summed E-state index contributed by atoms with van der Waals surface area (Å²) in [4.78, 5) is 28.6. The van der Waals surface area contributed by atoms with Crippen molar-refractivity contribution < 1.29 is 27.8 Å². The number of nitrogens with two attached hydrogens (primary N) is 1. The zero-order chi connectivity index (χ0) is 20.5. The van der Waals surface area contributed by atoms with E-state index in [9.17, 15) is 18.4 Å². The normalized spacial score (nSPS) is 24.4. The third kappa shape index (κ3) is 2.60. The molecule has 29 heavy (non-hydrogen) atoms. The van der Waals surface area contributed by atoms with Gasteiger partial charge in [-0.25, -0.2) is 14.7 Å². The Morgan fingerprint density at radius 1 is 1.45 bits per heavy atom. The minimum Gasteiger partial charge on any atom is -0.491 e. The second kappa shape index (κ2) is 5.82. The van der Waals surface area contributed by atoms with Crippen molar-refractivity contribution in [2.24, 2.45) is 5.73 Å². The monoisotopic (exact) mass is 405 g/mol. The predicted molar refractivity (Wildman–Crippen MR) is 96.9 cm³/mol. The van der Waals surface area contributed by atoms with E-state index in [0.29, 0.717) is 36.0 Å². The Balaban J connectivity index is 1.49. The molecule has 11 heteroatoms. The van der Waals surface area contributed by atoms with E-state index in [2.05, 4.69) is 10.3 Å². The second-order valence-corrected chi connectivity index (χ2v) is 7.24. The van der Waals surface area contributed by atoms with Crippen molar-refractivity contribution >= 4 is 23.5 Å². The molecule has 0 radical (unpaired) electrons. The van der Waals surface area contributed by atoms with E-state index in [4.69, 9.17) is 15.2 Å². The predicted octanol–water partition coefficient (Wildman–Crippen LogP) is 1.57. The maximum Gasteiger partial charge on any atom is 0.416 e. The molecule has 0 bridgehead atoms. The molecule has 1 saturated carbocycles. The average Bonchev–Trinajstić information content (AvgIpc) is 2.98. The van der Waals surface area contributed by atoms with E-state index in [1.807, 2.05) is 0 Å².